The fourth-order valence-corrected chi connectivity index (χ4v) is 1.86. The number of aryl methyl sites for hydroxylation is 1. The van der Waals surface area contributed by atoms with E-state index in [0.29, 0.717) is 11.4 Å². The molecule has 0 N–H and O–H groups in total. The summed E-state index contributed by atoms with van der Waals surface area (Å²) in [6.45, 7) is 4.97. The van der Waals surface area contributed by atoms with E-state index in [2.05, 4.69) is 5.10 Å². The summed E-state index contributed by atoms with van der Waals surface area (Å²) in [4.78, 5) is 0. The smallest absolute Gasteiger partial charge is 0.237 e. The first-order valence-corrected chi connectivity index (χ1v) is 5.51. The molecule has 0 aliphatic heterocycles. The first-order chi connectivity index (χ1) is 8.30. The summed E-state index contributed by atoms with van der Waals surface area (Å²) in [5.41, 5.74) is 1.48. The van der Waals surface area contributed by atoms with E-state index in [1.165, 1.54) is 11.6 Å². The largest absolute Gasteiger partial charge is 0.435 e. The van der Waals surface area contributed by atoms with Crippen LogP contribution in [0.4, 0.5) is 13.2 Å². The monoisotopic (exact) mass is 254 g/mol. The number of hydrogen-bond acceptors (Lipinski definition) is 1. The highest BCUT2D eigenvalue weighted by molar-refractivity contribution is 5.39. The van der Waals surface area contributed by atoms with E-state index in [1.807, 2.05) is 13.0 Å². The molecule has 0 atom stereocenters. The van der Waals surface area contributed by atoms with Gasteiger partial charge in [0.15, 0.2) is 5.69 Å². The van der Waals surface area contributed by atoms with Crippen molar-refractivity contribution >= 4 is 0 Å². The van der Waals surface area contributed by atoms with Crippen LogP contribution >= 0.6 is 0 Å². The van der Waals surface area contributed by atoms with Crippen LogP contribution in [0.15, 0.2) is 24.3 Å². The summed E-state index contributed by atoms with van der Waals surface area (Å²) in [5, 5.41) is 3.68. The summed E-state index contributed by atoms with van der Waals surface area (Å²) >= 11 is 0. The molecule has 1 aromatic carbocycles. The molecule has 0 aliphatic carbocycles. The molecule has 2 aromatic rings. The maximum absolute atomic E-state index is 12.8. The van der Waals surface area contributed by atoms with Crippen molar-refractivity contribution < 1.29 is 13.2 Å². The summed E-state index contributed by atoms with van der Waals surface area (Å²) < 4.78 is 39.6. The minimum absolute atomic E-state index is 0.170. The highest BCUT2D eigenvalue weighted by atomic mass is 19.4. The SMILES string of the molecule is Cc1cccc(-n2nc(C(F)(F)F)c(C)c2C)c1. The average molecular weight is 254 g/mol. The second kappa shape index (κ2) is 4.15. The molecule has 0 spiro atoms. The lowest BCUT2D eigenvalue weighted by Crippen LogP contribution is -2.08. The molecular weight excluding hydrogens is 241 g/mol. The van der Waals surface area contributed by atoms with Crippen LogP contribution < -0.4 is 0 Å². The Morgan fingerprint density at radius 2 is 1.78 bits per heavy atom. The van der Waals surface area contributed by atoms with E-state index in [0.717, 1.165) is 5.56 Å². The fourth-order valence-electron chi connectivity index (χ4n) is 1.86. The van der Waals surface area contributed by atoms with E-state index in [9.17, 15) is 13.2 Å². The molecule has 0 unspecified atom stereocenters. The van der Waals surface area contributed by atoms with Gasteiger partial charge in [0.2, 0.25) is 0 Å². The molecular formula is C13H13F3N2. The summed E-state index contributed by atoms with van der Waals surface area (Å²) in [6, 6.07) is 7.24. The summed E-state index contributed by atoms with van der Waals surface area (Å²) in [7, 11) is 0. The van der Waals surface area contributed by atoms with Gasteiger partial charge in [-0.15, -0.1) is 0 Å². The van der Waals surface area contributed by atoms with Gasteiger partial charge >= 0.3 is 6.18 Å². The molecule has 0 saturated heterocycles. The summed E-state index contributed by atoms with van der Waals surface area (Å²) in [6.07, 6.45) is -4.41. The van der Waals surface area contributed by atoms with E-state index in [4.69, 9.17) is 0 Å². The van der Waals surface area contributed by atoms with Crippen LogP contribution in [0.3, 0.4) is 0 Å². The van der Waals surface area contributed by atoms with Gasteiger partial charge < -0.3 is 0 Å². The van der Waals surface area contributed by atoms with Crippen LogP contribution in [0.25, 0.3) is 5.69 Å². The zero-order valence-electron chi connectivity index (χ0n) is 10.3. The van der Waals surface area contributed by atoms with Crippen molar-refractivity contribution in [1.29, 1.82) is 0 Å². The van der Waals surface area contributed by atoms with Gasteiger partial charge in [0, 0.05) is 11.3 Å². The lowest BCUT2D eigenvalue weighted by atomic mass is 10.2. The Bertz CT molecular complexity index is 582. The molecule has 1 aromatic heterocycles. The Kier molecular flexibility index (Phi) is 2.92. The molecule has 18 heavy (non-hydrogen) atoms. The van der Waals surface area contributed by atoms with E-state index >= 15 is 0 Å². The first kappa shape index (κ1) is 12.7. The Hall–Kier alpha value is -1.78. The summed E-state index contributed by atoms with van der Waals surface area (Å²) in [5.74, 6) is 0. The quantitative estimate of drug-likeness (QED) is 0.756. The number of rotatable bonds is 1. The van der Waals surface area contributed by atoms with Gasteiger partial charge in [-0.25, -0.2) is 4.68 Å². The topological polar surface area (TPSA) is 17.8 Å². The normalized spacial score (nSPS) is 11.9. The third kappa shape index (κ3) is 2.12. The maximum Gasteiger partial charge on any atom is 0.435 e. The average Bonchev–Trinajstić information content (AvgIpc) is 2.55. The van der Waals surface area contributed by atoms with Crippen molar-refractivity contribution in [2.24, 2.45) is 0 Å². The van der Waals surface area contributed by atoms with Gasteiger partial charge in [-0.3, -0.25) is 0 Å². The fraction of sp³-hybridized carbons (Fsp3) is 0.308. The zero-order chi connectivity index (χ0) is 13.5. The van der Waals surface area contributed by atoms with Crippen molar-refractivity contribution in [3.05, 3.63) is 46.8 Å². The molecule has 5 heteroatoms. The number of halogens is 3. The van der Waals surface area contributed by atoms with Crippen molar-refractivity contribution in [2.45, 2.75) is 26.9 Å². The van der Waals surface area contributed by atoms with Crippen LogP contribution in [-0.4, -0.2) is 9.78 Å². The van der Waals surface area contributed by atoms with Gasteiger partial charge in [0.1, 0.15) is 0 Å². The van der Waals surface area contributed by atoms with Gasteiger partial charge in [-0.2, -0.15) is 18.3 Å². The van der Waals surface area contributed by atoms with Crippen LogP contribution in [-0.2, 0) is 6.18 Å². The second-order valence-corrected chi connectivity index (χ2v) is 4.31. The number of alkyl halides is 3. The molecule has 0 bridgehead atoms. The number of nitrogens with zero attached hydrogens (tertiary/aromatic N) is 2. The Morgan fingerprint density at radius 3 is 2.28 bits per heavy atom. The first-order valence-electron chi connectivity index (χ1n) is 5.51. The molecule has 2 rings (SSSR count). The standard InChI is InChI=1S/C13H13F3N2/c1-8-5-4-6-11(7-8)18-10(3)9(2)12(17-18)13(14,15)16/h4-7H,1-3H3. The van der Waals surface area contributed by atoms with Crippen LogP contribution in [0, 0.1) is 20.8 Å². The number of aromatic nitrogens is 2. The lowest BCUT2D eigenvalue weighted by Gasteiger charge is -2.05. The third-order valence-electron chi connectivity index (χ3n) is 2.93. The maximum atomic E-state index is 12.8. The van der Waals surface area contributed by atoms with Crippen LogP contribution in [0.1, 0.15) is 22.5 Å². The molecule has 0 fully saturated rings. The van der Waals surface area contributed by atoms with Crippen LogP contribution in [0.2, 0.25) is 0 Å². The minimum atomic E-state index is -4.41. The van der Waals surface area contributed by atoms with Crippen LogP contribution in [0.5, 0.6) is 0 Å². The number of benzene rings is 1. The van der Waals surface area contributed by atoms with Gasteiger partial charge in [-0.1, -0.05) is 12.1 Å². The lowest BCUT2D eigenvalue weighted by molar-refractivity contribution is -0.141. The molecule has 0 radical (unpaired) electrons. The van der Waals surface area contributed by atoms with Gasteiger partial charge in [0.25, 0.3) is 0 Å². The highest BCUT2D eigenvalue weighted by Gasteiger charge is 2.37. The van der Waals surface area contributed by atoms with E-state index in [-0.39, 0.29) is 5.56 Å². The highest BCUT2D eigenvalue weighted by Crippen LogP contribution is 2.32. The van der Waals surface area contributed by atoms with E-state index in [1.54, 1.807) is 25.1 Å². The van der Waals surface area contributed by atoms with Crippen molar-refractivity contribution in [3.8, 4) is 5.69 Å². The molecule has 0 amide bonds. The molecule has 0 aliphatic rings. The number of hydrogen-bond donors (Lipinski definition) is 0. The Morgan fingerprint density at radius 1 is 1.11 bits per heavy atom. The minimum Gasteiger partial charge on any atom is -0.237 e. The van der Waals surface area contributed by atoms with Gasteiger partial charge in [0.05, 0.1) is 5.69 Å². The van der Waals surface area contributed by atoms with Crippen molar-refractivity contribution in [3.63, 3.8) is 0 Å². The Labute approximate surface area is 103 Å². The molecule has 2 nitrogen and oxygen atoms in total. The zero-order valence-corrected chi connectivity index (χ0v) is 10.3. The molecule has 0 saturated carbocycles. The third-order valence-corrected chi connectivity index (χ3v) is 2.93. The van der Waals surface area contributed by atoms with Crippen molar-refractivity contribution in [1.82, 2.24) is 9.78 Å². The predicted molar refractivity (Wildman–Crippen MR) is 62.8 cm³/mol. The van der Waals surface area contributed by atoms with E-state index < -0.39 is 11.9 Å². The van der Waals surface area contributed by atoms with Gasteiger partial charge in [-0.05, 0) is 38.5 Å². The molecule has 1 heterocycles. The second-order valence-electron chi connectivity index (χ2n) is 4.31. The Balaban J connectivity index is 2.60. The predicted octanol–water partition coefficient (Wildman–Crippen LogP) is 3.82. The van der Waals surface area contributed by atoms with Crippen molar-refractivity contribution in [2.75, 3.05) is 0 Å². The molecule has 96 valence electrons.